The SMILES string of the molecule is N#CCCN(Cc1ccccc1)S(=O)c1ccccc1. The van der Waals surface area contributed by atoms with Crippen molar-refractivity contribution >= 4 is 11.0 Å². The zero-order valence-corrected chi connectivity index (χ0v) is 11.9. The van der Waals surface area contributed by atoms with Crippen molar-refractivity contribution in [2.45, 2.75) is 17.9 Å². The van der Waals surface area contributed by atoms with Gasteiger partial charge in [-0.15, -0.1) is 0 Å². The topological polar surface area (TPSA) is 44.1 Å². The average molecular weight is 284 g/mol. The van der Waals surface area contributed by atoms with Gasteiger partial charge in [0.25, 0.3) is 0 Å². The predicted molar refractivity (Wildman–Crippen MR) is 79.9 cm³/mol. The first-order chi connectivity index (χ1) is 9.81. The Morgan fingerprint density at radius 1 is 1.00 bits per heavy atom. The summed E-state index contributed by atoms with van der Waals surface area (Å²) in [6.45, 7) is 1.07. The third kappa shape index (κ3) is 4.02. The maximum Gasteiger partial charge on any atom is 0.127 e. The molecule has 0 spiro atoms. The zero-order chi connectivity index (χ0) is 14.2. The number of rotatable bonds is 6. The van der Waals surface area contributed by atoms with Crippen molar-refractivity contribution in [3.05, 3.63) is 66.2 Å². The third-order valence-corrected chi connectivity index (χ3v) is 4.31. The normalized spacial score (nSPS) is 12.0. The van der Waals surface area contributed by atoms with Gasteiger partial charge in [0.05, 0.1) is 11.0 Å². The van der Waals surface area contributed by atoms with Gasteiger partial charge in [0.15, 0.2) is 0 Å². The van der Waals surface area contributed by atoms with E-state index in [1.165, 1.54) is 0 Å². The molecule has 0 aliphatic rings. The van der Waals surface area contributed by atoms with Crippen LogP contribution in [0.25, 0.3) is 0 Å². The molecule has 2 rings (SSSR count). The maximum absolute atomic E-state index is 12.6. The Balaban J connectivity index is 2.15. The van der Waals surface area contributed by atoms with Crippen LogP contribution in [0.1, 0.15) is 12.0 Å². The van der Waals surface area contributed by atoms with Gasteiger partial charge in [-0.05, 0) is 17.7 Å². The second-order valence-corrected chi connectivity index (χ2v) is 5.81. The summed E-state index contributed by atoms with van der Waals surface area (Å²) in [7, 11) is -1.24. The molecule has 2 aromatic rings. The molecular weight excluding hydrogens is 268 g/mol. The first kappa shape index (κ1) is 14.4. The fraction of sp³-hybridized carbons (Fsp3) is 0.188. The van der Waals surface area contributed by atoms with Crippen LogP contribution in [0.4, 0.5) is 0 Å². The quantitative estimate of drug-likeness (QED) is 0.818. The predicted octanol–water partition coefficient (Wildman–Crippen LogP) is 3.13. The minimum Gasteiger partial charge on any atom is -0.237 e. The lowest BCUT2D eigenvalue weighted by Crippen LogP contribution is -2.26. The largest absolute Gasteiger partial charge is 0.237 e. The molecule has 102 valence electrons. The van der Waals surface area contributed by atoms with Crippen LogP contribution in [0.3, 0.4) is 0 Å². The van der Waals surface area contributed by atoms with E-state index in [1.807, 2.05) is 65.0 Å². The minimum absolute atomic E-state index is 0.366. The molecule has 0 radical (unpaired) electrons. The molecule has 2 aromatic carbocycles. The first-order valence-electron chi connectivity index (χ1n) is 6.44. The summed E-state index contributed by atoms with van der Waals surface area (Å²) in [5.41, 5.74) is 1.09. The van der Waals surface area contributed by atoms with Gasteiger partial charge in [-0.25, -0.2) is 8.51 Å². The molecule has 3 nitrogen and oxygen atoms in total. The highest BCUT2D eigenvalue weighted by Gasteiger charge is 2.15. The Morgan fingerprint density at radius 3 is 2.20 bits per heavy atom. The second-order valence-electron chi connectivity index (χ2n) is 4.32. The fourth-order valence-corrected chi connectivity index (χ4v) is 3.08. The van der Waals surface area contributed by atoms with E-state index in [9.17, 15) is 4.21 Å². The number of hydrogen-bond donors (Lipinski definition) is 0. The van der Waals surface area contributed by atoms with Crippen molar-refractivity contribution in [2.75, 3.05) is 6.54 Å². The van der Waals surface area contributed by atoms with Crippen LogP contribution in [0.15, 0.2) is 65.6 Å². The van der Waals surface area contributed by atoms with E-state index in [2.05, 4.69) is 6.07 Å². The Labute approximate surface area is 122 Å². The van der Waals surface area contributed by atoms with Crippen molar-refractivity contribution in [3.63, 3.8) is 0 Å². The molecule has 0 aliphatic heterocycles. The summed E-state index contributed by atoms with van der Waals surface area (Å²) in [5, 5.41) is 8.76. The molecule has 0 fully saturated rings. The highest BCUT2D eigenvalue weighted by molar-refractivity contribution is 7.82. The summed E-state index contributed by atoms with van der Waals surface area (Å²) in [5.74, 6) is 0. The van der Waals surface area contributed by atoms with E-state index in [0.717, 1.165) is 10.5 Å². The Hall–Kier alpha value is -1.96. The molecule has 0 bridgehead atoms. The molecule has 1 atom stereocenters. The van der Waals surface area contributed by atoms with Crippen molar-refractivity contribution in [3.8, 4) is 6.07 Å². The summed E-state index contributed by atoms with van der Waals surface area (Å²) in [6.07, 6.45) is 0.366. The van der Waals surface area contributed by atoms with E-state index in [4.69, 9.17) is 5.26 Å². The lowest BCUT2D eigenvalue weighted by atomic mass is 10.2. The number of hydrogen-bond acceptors (Lipinski definition) is 2. The van der Waals surface area contributed by atoms with Crippen LogP contribution >= 0.6 is 0 Å². The van der Waals surface area contributed by atoms with E-state index in [0.29, 0.717) is 19.5 Å². The van der Waals surface area contributed by atoms with Gasteiger partial charge in [0, 0.05) is 19.5 Å². The van der Waals surface area contributed by atoms with Gasteiger partial charge < -0.3 is 0 Å². The smallest absolute Gasteiger partial charge is 0.127 e. The fourth-order valence-electron chi connectivity index (χ4n) is 1.87. The van der Waals surface area contributed by atoms with E-state index in [1.54, 1.807) is 0 Å². The van der Waals surface area contributed by atoms with Crippen LogP contribution in [0.2, 0.25) is 0 Å². The van der Waals surface area contributed by atoms with E-state index < -0.39 is 11.0 Å². The molecule has 0 amide bonds. The molecule has 0 aromatic heterocycles. The van der Waals surface area contributed by atoms with Crippen LogP contribution in [0.5, 0.6) is 0 Å². The third-order valence-electron chi connectivity index (χ3n) is 2.85. The van der Waals surface area contributed by atoms with Gasteiger partial charge in [-0.1, -0.05) is 48.5 Å². The standard InChI is InChI=1S/C16H16N2OS/c17-12-7-13-18(14-15-8-3-1-4-9-15)20(19)16-10-5-2-6-11-16/h1-6,8-11H,7,13-14H2. The average Bonchev–Trinajstić information content (AvgIpc) is 2.52. The van der Waals surface area contributed by atoms with Crippen molar-refractivity contribution in [1.29, 1.82) is 5.26 Å². The van der Waals surface area contributed by atoms with Gasteiger partial charge in [0.2, 0.25) is 0 Å². The molecule has 4 heteroatoms. The lowest BCUT2D eigenvalue weighted by Gasteiger charge is -2.20. The summed E-state index contributed by atoms with van der Waals surface area (Å²) >= 11 is 0. The van der Waals surface area contributed by atoms with Crippen molar-refractivity contribution in [1.82, 2.24) is 4.31 Å². The molecule has 0 heterocycles. The van der Waals surface area contributed by atoms with E-state index >= 15 is 0 Å². The second kappa shape index (κ2) is 7.59. The maximum atomic E-state index is 12.6. The molecule has 1 unspecified atom stereocenters. The monoisotopic (exact) mass is 284 g/mol. The Kier molecular flexibility index (Phi) is 5.48. The van der Waals surface area contributed by atoms with Crippen LogP contribution in [-0.2, 0) is 17.5 Å². The van der Waals surface area contributed by atoms with Crippen LogP contribution < -0.4 is 0 Å². The highest BCUT2D eigenvalue weighted by Crippen LogP contribution is 2.14. The Bertz CT molecular complexity index is 593. The summed E-state index contributed by atoms with van der Waals surface area (Å²) < 4.78 is 14.4. The molecule has 0 saturated heterocycles. The molecule has 20 heavy (non-hydrogen) atoms. The summed E-state index contributed by atoms with van der Waals surface area (Å²) in [6, 6.07) is 21.3. The van der Waals surface area contributed by atoms with Gasteiger partial charge >= 0.3 is 0 Å². The number of nitriles is 1. The summed E-state index contributed by atoms with van der Waals surface area (Å²) in [4.78, 5) is 0.765. The Morgan fingerprint density at radius 2 is 1.60 bits per heavy atom. The number of nitrogens with zero attached hydrogens (tertiary/aromatic N) is 2. The molecule has 0 N–H and O–H groups in total. The first-order valence-corrected chi connectivity index (χ1v) is 7.54. The van der Waals surface area contributed by atoms with Crippen molar-refractivity contribution in [2.24, 2.45) is 0 Å². The minimum atomic E-state index is -1.24. The number of benzene rings is 2. The molecule has 0 saturated carbocycles. The van der Waals surface area contributed by atoms with Gasteiger partial charge in [-0.3, -0.25) is 0 Å². The highest BCUT2D eigenvalue weighted by atomic mass is 32.2. The van der Waals surface area contributed by atoms with Crippen LogP contribution in [0, 0.1) is 11.3 Å². The molecule has 0 aliphatic carbocycles. The zero-order valence-electron chi connectivity index (χ0n) is 11.1. The van der Waals surface area contributed by atoms with Gasteiger partial charge in [-0.2, -0.15) is 5.26 Å². The molecular formula is C16H16N2OS. The lowest BCUT2D eigenvalue weighted by molar-refractivity contribution is 0.448. The van der Waals surface area contributed by atoms with Crippen molar-refractivity contribution < 1.29 is 4.21 Å². The van der Waals surface area contributed by atoms with E-state index in [-0.39, 0.29) is 0 Å². The van der Waals surface area contributed by atoms with Gasteiger partial charge in [0.1, 0.15) is 11.0 Å². The van der Waals surface area contributed by atoms with Crippen LogP contribution in [-0.4, -0.2) is 15.1 Å².